The number of benzene rings is 3. The molecule has 0 fully saturated rings. The first-order valence-electron chi connectivity index (χ1n) is 10.6. The van der Waals surface area contributed by atoms with Crippen LogP contribution in [0.4, 0.5) is 0 Å². The third-order valence-corrected chi connectivity index (χ3v) is 5.36. The van der Waals surface area contributed by atoms with Crippen molar-refractivity contribution in [2.75, 3.05) is 14.2 Å². The van der Waals surface area contributed by atoms with Crippen LogP contribution in [-0.2, 0) is 13.2 Å². The molecule has 8 heteroatoms. The standard InChI is InChI=1S/C26H24N2O6/c1-32-21-13-12-18(14-22(21)33-2)15-27-24(29)23-19-10-6-7-11-20(19)25(30)28(26(23)31)34-16-17-8-4-3-5-9-17/h3-14,31H,15-16H2,1-2H3,(H,27,29). The molecule has 174 valence electrons. The lowest BCUT2D eigenvalue weighted by atomic mass is 10.1. The van der Waals surface area contributed by atoms with Gasteiger partial charge in [0, 0.05) is 11.9 Å². The fraction of sp³-hybridized carbons (Fsp3) is 0.154. The summed E-state index contributed by atoms with van der Waals surface area (Å²) in [5, 5.41) is 14.3. The number of aromatic hydroxyl groups is 1. The van der Waals surface area contributed by atoms with Gasteiger partial charge in [0.25, 0.3) is 11.5 Å². The summed E-state index contributed by atoms with van der Waals surface area (Å²) in [5.74, 6) is -0.0146. The molecule has 0 saturated heterocycles. The second-order valence-electron chi connectivity index (χ2n) is 7.47. The Morgan fingerprint density at radius 2 is 1.56 bits per heavy atom. The molecule has 0 spiro atoms. The first kappa shape index (κ1) is 22.7. The smallest absolute Gasteiger partial charge is 0.294 e. The summed E-state index contributed by atoms with van der Waals surface area (Å²) in [6.45, 7) is 0.205. The Hall–Kier alpha value is -4.46. The van der Waals surface area contributed by atoms with Gasteiger partial charge in [0.05, 0.1) is 19.6 Å². The van der Waals surface area contributed by atoms with E-state index < -0.39 is 17.3 Å². The number of amides is 1. The van der Waals surface area contributed by atoms with Gasteiger partial charge < -0.3 is 24.7 Å². The molecule has 1 amide bonds. The highest BCUT2D eigenvalue weighted by molar-refractivity contribution is 6.08. The molecule has 0 bridgehead atoms. The van der Waals surface area contributed by atoms with E-state index in [9.17, 15) is 14.7 Å². The van der Waals surface area contributed by atoms with Crippen LogP contribution in [-0.4, -0.2) is 30.0 Å². The second-order valence-corrected chi connectivity index (χ2v) is 7.47. The minimum Gasteiger partial charge on any atom is -0.493 e. The van der Waals surface area contributed by atoms with Gasteiger partial charge in [-0.25, -0.2) is 0 Å². The fourth-order valence-corrected chi connectivity index (χ4v) is 3.63. The summed E-state index contributed by atoms with van der Waals surface area (Å²) < 4.78 is 11.3. The molecule has 0 aliphatic rings. The van der Waals surface area contributed by atoms with Crippen LogP contribution in [0.5, 0.6) is 17.4 Å². The molecule has 0 unspecified atom stereocenters. The number of hydrogen-bond acceptors (Lipinski definition) is 6. The van der Waals surface area contributed by atoms with Crippen LogP contribution in [0.1, 0.15) is 21.5 Å². The molecule has 4 aromatic rings. The molecule has 0 aliphatic carbocycles. The van der Waals surface area contributed by atoms with Gasteiger partial charge in [0.1, 0.15) is 12.2 Å². The van der Waals surface area contributed by atoms with Crippen molar-refractivity contribution in [2.24, 2.45) is 0 Å². The monoisotopic (exact) mass is 460 g/mol. The summed E-state index contributed by atoms with van der Waals surface area (Å²) >= 11 is 0. The SMILES string of the molecule is COc1ccc(CNC(=O)c2c(O)n(OCc3ccccc3)c(=O)c3ccccc23)cc1OC. The van der Waals surface area contributed by atoms with Crippen molar-refractivity contribution < 1.29 is 24.2 Å². The summed E-state index contributed by atoms with van der Waals surface area (Å²) in [7, 11) is 3.07. The predicted octanol–water partition coefficient (Wildman–Crippen LogP) is 3.28. The third-order valence-electron chi connectivity index (χ3n) is 5.36. The van der Waals surface area contributed by atoms with E-state index in [2.05, 4.69) is 5.32 Å². The molecular formula is C26H24N2O6. The average Bonchev–Trinajstić information content (AvgIpc) is 2.87. The average molecular weight is 460 g/mol. The number of nitrogens with zero attached hydrogens (tertiary/aromatic N) is 1. The topological polar surface area (TPSA) is 99.0 Å². The molecular weight excluding hydrogens is 436 g/mol. The molecule has 0 saturated carbocycles. The zero-order chi connectivity index (χ0) is 24.1. The minimum atomic E-state index is -0.565. The van der Waals surface area contributed by atoms with Crippen LogP contribution in [0, 0.1) is 0 Å². The van der Waals surface area contributed by atoms with Crippen molar-refractivity contribution in [3.05, 3.63) is 99.8 Å². The summed E-state index contributed by atoms with van der Waals surface area (Å²) in [6.07, 6.45) is 0. The quantitative estimate of drug-likeness (QED) is 0.419. The van der Waals surface area contributed by atoms with Crippen LogP contribution in [0.25, 0.3) is 10.8 Å². The number of rotatable bonds is 8. The lowest BCUT2D eigenvalue weighted by Gasteiger charge is -2.16. The lowest BCUT2D eigenvalue weighted by molar-refractivity contribution is 0.0698. The van der Waals surface area contributed by atoms with Crippen LogP contribution in [0.15, 0.2) is 77.6 Å². The maximum Gasteiger partial charge on any atom is 0.294 e. The van der Waals surface area contributed by atoms with E-state index in [-0.39, 0.29) is 24.1 Å². The van der Waals surface area contributed by atoms with Gasteiger partial charge >= 0.3 is 0 Å². The Bertz CT molecular complexity index is 1380. The van der Waals surface area contributed by atoms with Gasteiger partial charge in [-0.05, 0) is 29.3 Å². The van der Waals surface area contributed by atoms with E-state index in [1.807, 2.05) is 30.3 Å². The Kier molecular flexibility index (Phi) is 6.68. The molecule has 0 radical (unpaired) electrons. The lowest BCUT2D eigenvalue weighted by Crippen LogP contribution is -2.31. The zero-order valence-corrected chi connectivity index (χ0v) is 18.8. The Balaban J connectivity index is 1.65. The highest BCUT2D eigenvalue weighted by atomic mass is 16.7. The molecule has 8 nitrogen and oxygen atoms in total. The Labute approximate surface area is 195 Å². The maximum atomic E-state index is 13.2. The van der Waals surface area contributed by atoms with Gasteiger partial charge in [0.15, 0.2) is 11.5 Å². The molecule has 3 aromatic carbocycles. The zero-order valence-electron chi connectivity index (χ0n) is 18.8. The summed E-state index contributed by atoms with van der Waals surface area (Å²) in [6, 6.07) is 21.1. The number of methoxy groups -OCH3 is 2. The highest BCUT2D eigenvalue weighted by Crippen LogP contribution is 2.28. The van der Waals surface area contributed by atoms with Crippen LogP contribution in [0.3, 0.4) is 0 Å². The van der Waals surface area contributed by atoms with E-state index >= 15 is 0 Å². The van der Waals surface area contributed by atoms with E-state index in [1.54, 1.807) is 49.6 Å². The number of aromatic nitrogens is 1. The number of fused-ring (bicyclic) bond motifs is 1. The summed E-state index contributed by atoms with van der Waals surface area (Å²) in [4.78, 5) is 31.8. The van der Waals surface area contributed by atoms with Gasteiger partial charge in [-0.3, -0.25) is 9.59 Å². The number of pyridine rings is 1. The van der Waals surface area contributed by atoms with Gasteiger partial charge in [-0.15, -0.1) is 4.73 Å². The fourth-order valence-electron chi connectivity index (χ4n) is 3.63. The molecule has 1 aromatic heterocycles. The van der Waals surface area contributed by atoms with Gasteiger partial charge in [-0.2, -0.15) is 0 Å². The van der Waals surface area contributed by atoms with Gasteiger partial charge in [-0.1, -0.05) is 54.6 Å². The van der Waals surface area contributed by atoms with E-state index in [1.165, 1.54) is 7.11 Å². The minimum absolute atomic E-state index is 0.0410. The van der Waals surface area contributed by atoms with E-state index in [0.717, 1.165) is 15.9 Å². The molecule has 1 heterocycles. The van der Waals surface area contributed by atoms with E-state index in [0.29, 0.717) is 16.9 Å². The Morgan fingerprint density at radius 3 is 2.26 bits per heavy atom. The Morgan fingerprint density at radius 1 is 0.882 bits per heavy atom. The van der Waals surface area contributed by atoms with Gasteiger partial charge in [0.2, 0.25) is 5.88 Å². The highest BCUT2D eigenvalue weighted by Gasteiger charge is 2.22. The number of ether oxygens (including phenoxy) is 2. The number of carbonyl (C=O) groups excluding carboxylic acids is 1. The number of carbonyl (C=O) groups is 1. The largest absolute Gasteiger partial charge is 0.493 e. The molecule has 0 aliphatic heterocycles. The number of hydrogen-bond donors (Lipinski definition) is 2. The maximum absolute atomic E-state index is 13.2. The van der Waals surface area contributed by atoms with Crippen LogP contribution in [0.2, 0.25) is 0 Å². The van der Waals surface area contributed by atoms with Crippen molar-refractivity contribution in [3.8, 4) is 17.4 Å². The normalized spacial score (nSPS) is 10.6. The molecule has 4 rings (SSSR count). The van der Waals surface area contributed by atoms with Crippen molar-refractivity contribution in [1.82, 2.24) is 10.0 Å². The van der Waals surface area contributed by atoms with Crippen LogP contribution < -0.4 is 25.2 Å². The van der Waals surface area contributed by atoms with Crippen molar-refractivity contribution in [3.63, 3.8) is 0 Å². The first-order chi connectivity index (χ1) is 16.5. The van der Waals surface area contributed by atoms with Crippen molar-refractivity contribution >= 4 is 16.7 Å². The number of nitrogens with one attached hydrogen (secondary N) is 1. The molecule has 34 heavy (non-hydrogen) atoms. The van der Waals surface area contributed by atoms with E-state index in [4.69, 9.17) is 14.3 Å². The summed E-state index contributed by atoms with van der Waals surface area (Å²) in [5.41, 5.74) is 0.967. The van der Waals surface area contributed by atoms with Crippen LogP contribution >= 0.6 is 0 Å². The molecule has 2 N–H and O–H groups in total. The first-order valence-corrected chi connectivity index (χ1v) is 10.6. The third kappa shape index (κ3) is 4.52. The predicted molar refractivity (Wildman–Crippen MR) is 127 cm³/mol. The second kappa shape index (κ2) is 9.99. The van der Waals surface area contributed by atoms with Crippen molar-refractivity contribution in [2.45, 2.75) is 13.2 Å². The molecule has 0 atom stereocenters. The van der Waals surface area contributed by atoms with Crippen molar-refractivity contribution in [1.29, 1.82) is 0 Å².